The molecule has 1 atom stereocenters. The van der Waals surface area contributed by atoms with Gasteiger partial charge in [0.2, 0.25) is 5.91 Å². The van der Waals surface area contributed by atoms with Gasteiger partial charge in [0.1, 0.15) is 11.4 Å². The molecule has 1 aromatic heterocycles. The third-order valence-electron chi connectivity index (χ3n) is 4.98. The van der Waals surface area contributed by atoms with E-state index in [0.29, 0.717) is 11.4 Å². The summed E-state index contributed by atoms with van der Waals surface area (Å²) < 4.78 is 4.64. The number of hydrogen-bond acceptors (Lipinski definition) is 5. The third-order valence-corrected chi connectivity index (χ3v) is 4.98. The van der Waals surface area contributed by atoms with Crippen LogP contribution in [0.3, 0.4) is 0 Å². The van der Waals surface area contributed by atoms with Crippen molar-refractivity contribution >= 4 is 5.91 Å². The molecule has 2 heterocycles. The first kappa shape index (κ1) is 15.5. The Bertz CT molecular complexity index is 496. The van der Waals surface area contributed by atoms with Crippen LogP contribution in [0.15, 0.2) is 4.63 Å². The highest BCUT2D eigenvalue weighted by Crippen LogP contribution is 2.25. The zero-order chi connectivity index (χ0) is 15.4. The molecule has 1 aromatic rings. The van der Waals surface area contributed by atoms with E-state index in [1.165, 1.54) is 45.1 Å². The third kappa shape index (κ3) is 3.85. The maximum absolute atomic E-state index is 12.2. The van der Waals surface area contributed by atoms with E-state index in [0.717, 1.165) is 19.0 Å². The Morgan fingerprint density at radius 2 is 2.05 bits per heavy atom. The maximum Gasteiger partial charge on any atom is 0.226 e. The second-order valence-corrected chi connectivity index (χ2v) is 6.67. The quantitative estimate of drug-likeness (QED) is 0.919. The van der Waals surface area contributed by atoms with E-state index in [9.17, 15) is 4.79 Å². The molecular formula is C16H26N4O2. The number of nitrogens with one attached hydrogen (secondary N) is 1. The van der Waals surface area contributed by atoms with Crippen LogP contribution < -0.4 is 5.32 Å². The molecule has 1 N–H and O–H groups in total. The summed E-state index contributed by atoms with van der Waals surface area (Å²) in [5, 5.41) is 10.7. The van der Waals surface area contributed by atoms with Crippen molar-refractivity contribution in [3.05, 3.63) is 11.4 Å². The average Bonchev–Trinajstić information content (AvgIpc) is 2.93. The molecule has 122 valence electrons. The van der Waals surface area contributed by atoms with Crippen LogP contribution in [-0.2, 0) is 11.2 Å². The summed E-state index contributed by atoms with van der Waals surface area (Å²) in [4.78, 5) is 14.8. The van der Waals surface area contributed by atoms with E-state index in [1.54, 1.807) is 0 Å². The molecule has 2 fully saturated rings. The number of aromatic nitrogens is 2. The van der Waals surface area contributed by atoms with Crippen molar-refractivity contribution in [2.45, 2.75) is 70.4 Å². The minimum Gasteiger partial charge on any atom is -0.352 e. The first-order chi connectivity index (χ1) is 10.7. The highest BCUT2D eigenvalue weighted by molar-refractivity contribution is 5.78. The number of aryl methyl sites for hydroxylation is 1. The molecule has 6 heteroatoms. The van der Waals surface area contributed by atoms with Gasteiger partial charge in [0.05, 0.1) is 6.42 Å². The normalized spacial score (nSPS) is 24.3. The van der Waals surface area contributed by atoms with E-state index < -0.39 is 0 Å². The van der Waals surface area contributed by atoms with Crippen LogP contribution in [0.4, 0.5) is 0 Å². The molecule has 0 spiro atoms. The van der Waals surface area contributed by atoms with Crippen LogP contribution in [-0.4, -0.2) is 46.3 Å². The van der Waals surface area contributed by atoms with Gasteiger partial charge < -0.3 is 5.32 Å². The number of nitrogens with zero attached hydrogens (tertiary/aromatic N) is 3. The Kier molecular flexibility index (Phi) is 5.08. The minimum absolute atomic E-state index is 0.0225. The smallest absolute Gasteiger partial charge is 0.226 e. The van der Waals surface area contributed by atoms with Crippen LogP contribution in [0.2, 0.25) is 0 Å². The van der Waals surface area contributed by atoms with Gasteiger partial charge in [0.25, 0.3) is 0 Å². The molecule has 22 heavy (non-hydrogen) atoms. The van der Waals surface area contributed by atoms with Crippen molar-refractivity contribution in [1.82, 2.24) is 20.5 Å². The second kappa shape index (κ2) is 7.22. The number of likely N-dealkylation sites (tertiary alicyclic amines) is 1. The zero-order valence-electron chi connectivity index (χ0n) is 13.4. The molecular weight excluding hydrogens is 280 g/mol. The summed E-state index contributed by atoms with van der Waals surface area (Å²) in [6, 6.07) is 0.999. The van der Waals surface area contributed by atoms with Gasteiger partial charge in [-0.3, -0.25) is 9.69 Å². The van der Waals surface area contributed by atoms with E-state index in [4.69, 9.17) is 0 Å². The van der Waals surface area contributed by atoms with Crippen LogP contribution in [0.1, 0.15) is 56.3 Å². The lowest BCUT2D eigenvalue weighted by Gasteiger charge is -2.40. The van der Waals surface area contributed by atoms with Crippen LogP contribution in [0, 0.1) is 6.92 Å². The zero-order valence-corrected chi connectivity index (χ0v) is 13.4. The number of hydrogen-bond donors (Lipinski definition) is 1. The van der Waals surface area contributed by atoms with Gasteiger partial charge in [0, 0.05) is 18.6 Å². The summed E-state index contributed by atoms with van der Waals surface area (Å²) in [5.41, 5.74) is 1.33. The maximum atomic E-state index is 12.2. The van der Waals surface area contributed by atoms with E-state index in [2.05, 4.69) is 25.2 Å². The van der Waals surface area contributed by atoms with Gasteiger partial charge in [-0.15, -0.1) is 0 Å². The first-order valence-corrected chi connectivity index (χ1v) is 8.54. The van der Waals surface area contributed by atoms with Crippen molar-refractivity contribution < 1.29 is 9.42 Å². The Balaban J connectivity index is 1.49. The summed E-state index contributed by atoms with van der Waals surface area (Å²) in [7, 11) is 0. The van der Waals surface area contributed by atoms with Crippen LogP contribution >= 0.6 is 0 Å². The van der Waals surface area contributed by atoms with E-state index in [-0.39, 0.29) is 18.4 Å². The molecule has 1 amide bonds. The van der Waals surface area contributed by atoms with Gasteiger partial charge in [-0.2, -0.15) is 0 Å². The molecule has 0 radical (unpaired) electrons. The van der Waals surface area contributed by atoms with E-state index in [1.807, 2.05) is 6.92 Å². The number of carbonyl (C=O) groups is 1. The Hall–Kier alpha value is -1.43. The minimum atomic E-state index is 0.0225. The Labute approximate surface area is 131 Å². The molecule has 1 aliphatic carbocycles. The van der Waals surface area contributed by atoms with Crippen molar-refractivity contribution in [3.8, 4) is 0 Å². The molecule has 3 rings (SSSR count). The van der Waals surface area contributed by atoms with Gasteiger partial charge in [-0.25, -0.2) is 4.63 Å². The highest BCUT2D eigenvalue weighted by atomic mass is 16.6. The number of carbonyl (C=O) groups excluding carboxylic acids is 1. The lowest BCUT2D eigenvalue weighted by Crippen LogP contribution is -2.51. The first-order valence-electron chi connectivity index (χ1n) is 8.54. The van der Waals surface area contributed by atoms with Gasteiger partial charge in [-0.1, -0.05) is 29.6 Å². The number of piperidine rings is 1. The fourth-order valence-electron chi connectivity index (χ4n) is 3.74. The number of rotatable bonds is 4. The summed E-state index contributed by atoms with van der Waals surface area (Å²) in [6.07, 6.45) is 9.25. The van der Waals surface area contributed by atoms with Crippen LogP contribution in [0.25, 0.3) is 0 Å². The second-order valence-electron chi connectivity index (χ2n) is 6.67. The topological polar surface area (TPSA) is 71.3 Å². The van der Waals surface area contributed by atoms with Crippen molar-refractivity contribution in [3.63, 3.8) is 0 Å². The molecule has 2 aliphatic rings. The fourth-order valence-corrected chi connectivity index (χ4v) is 3.74. The largest absolute Gasteiger partial charge is 0.352 e. The number of amides is 1. The molecule has 0 bridgehead atoms. The molecule has 6 nitrogen and oxygen atoms in total. The lowest BCUT2D eigenvalue weighted by molar-refractivity contribution is -0.121. The van der Waals surface area contributed by atoms with Crippen molar-refractivity contribution in [2.75, 3.05) is 13.1 Å². The summed E-state index contributed by atoms with van der Waals surface area (Å²) >= 11 is 0. The predicted octanol–water partition coefficient (Wildman–Crippen LogP) is 1.83. The van der Waals surface area contributed by atoms with Gasteiger partial charge >= 0.3 is 0 Å². The van der Waals surface area contributed by atoms with Crippen molar-refractivity contribution in [1.29, 1.82) is 0 Å². The summed E-state index contributed by atoms with van der Waals surface area (Å²) in [5.74, 6) is 0.0225. The molecule has 0 aromatic carbocycles. The lowest BCUT2D eigenvalue weighted by atomic mass is 9.92. The molecule has 1 saturated heterocycles. The molecule has 1 saturated carbocycles. The standard InChI is InChI=1S/C16H26N4O2/c1-12-15(19-22-18-12)10-16(21)17-13-6-5-9-20(11-13)14-7-3-2-4-8-14/h13-14H,2-11H2,1H3,(H,17,21)/t13-/m0/s1. The molecule has 1 aliphatic heterocycles. The monoisotopic (exact) mass is 306 g/mol. The SMILES string of the molecule is Cc1nonc1CC(=O)N[C@H]1CCCN(C2CCCCC2)C1. The highest BCUT2D eigenvalue weighted by Gasteiger charge is 2.27. The fraction of sp³-hybridized carbons (Fsp3) is 0.812. The predicted molar refractivity (Wildman–Crippen MR) is 82.3 cm³/mol. The average molecular weight is 306 g/mol. The van der Waals surface area contributed by atoms with E-state index >= 15 is 0 Å². The Morgan fingerprint density at radius 3 is 2.77 bits per heavy atom. The van der Waals surface area contributed by atoms with Crippen LogP contribution in [0.5, 0.6) is 0 Å². The Morgan fingerprint density at radius 1 is 1.23 bits per heavy atom. The van der Waals surface area contributed by atoms with Crippen molar-refractivity contribution in [2.24, 2.45) is 0 Å². The van der Waals surface area contributed by atoms with Gasteiger partial charge in [-0.05, 0) is 39.2 Å². The molecule has 0 unspecified atom stereocenters. The summed E-state index contributed by atoms with van der Waals surface area (Å²) in [6.45, 7) is 3.99. The van der Waals surface area contributed by atoms with Gasteiger partial charge in [0.15, 0.2) is 0 Å².